The predicted molar refractivity (Wildman–Crippen MR) is 50.4 cm³/mol. The molecule has 0 amide bonds. The molecule has 1 rings (SSSR count). The van der Waals surface area contributed by atoms with E-state index in [2.05, 4.69) is 6.07 Å². The highest BCUT2D eigenvalue weighted by atomic mass is 19.1. The topological polar surface area (TPSA) is 26.3 Å². The van der Waals surface area contributed by atoms with Crippen LogP contribution in [0.5, 0.6) is 0 Å². The van der Waals surface area contributed by atoms with E-state index >= 15 is 0 Å². The second-order valence-electron chi connectivity index (χ2n) is 3.93. The molecule has 2 nitrogen and oxygen atoms in total. The highest BCUT2D eigenvalue weighted by Crippen LogP contribution is 2.12. The third kappa shape index (κ3) is 3.17. The van der Waals surface area contributed by atoms with Gasteiger partial charge in [-0.1, -0.05) is 6.07 Å². The molecule has 3 heteroatoms. The van der Waals surface area contributed by atoms with Crippen molar-refractivity contribution in [1.29, 1.82) is 0 Å². The monoisotopic (exact) mass is 195 g/mol. The molecule has 0 N–H and O–H groups in total. The van der Waals surface area contributed by atoms with E-state index in [9.17, 15) is 9.18 Å². The number of halogens is 1. The second-order valence-corrected chi connectivity index (χ2v) is 3.93. The summed E-state index contributed by atoms with van der Waals surface area (Å²) >= 11 is 0. The Balaban J connectivity index is 2.80. The van der Waals surface area contributed by atoms with Crippen molar-refractivity contribution in [2.24, 2.45) is 0 Å². The number of ether oxygens (including phenoxy) is 1. The smallest absolute Gasteiger partial charge is 0.338 e. The summed E-state index contributed by atoms with van der Waals surface area (Å²) in [5, 5.41) is 0. The molecule has 0 heterocycles. The van der Waals surface area contributed by atoms with Gasteiger partial charge in [0.25, 0.3) is 0 Å². The van der Waals surface area contributed by atoms with Gasteiger partial charge in [0.2, 0.25) is 0 Å². The van der Waals surface area contributed by atoms with E-state index in [1.54, 1.807) is 20.8 Å². The van der Waals surface area contributed by atoms with E-state index in [0.29, 0.717) is 0 Å². The number of benzene rings is 1. The Morgan fingerprint density at radius 2 is 2.14 bits per heavy atom. The van der Waals surface area contributed by atoms with E-state index in [0.717, 1.165) is 6.07 Å². The van der Waals surface area contributed by atoms with Crippen LogP contribution in [0, 0.1) is 11.9 Å². The summed E-state index contributed by atoms with van der Waals surface area (Å²) in [4.78, 5) is 11.4. The largest absolute Gasteiger partial charge is 0.456 e. The molecule has 75 valence electrons. The third-order valence-corrected chi connectivity index (χ3v) is 1.40. The number of hydrogen-bond acceptors (Lipinski definition) is 2. The Morgan fingerprint density at radius 3 is 2.64 bits per heavy atom. The zero-order valence-corrected chi connectivity index (χ0v) is 8.43. The zero-order chi connectivity index (χ0) is 10.8. The first kappa shape index (κ1) is 10.7. The van der Waals surface area contributed by atoms with Crippen LogP contribution >= 0.6 is 0 Å². The molecule has 0 saturated carbocycles. The van der Waals surface area contributed by atoms with Gasteiger partial charge >= 0.3 is 5.97 Å². The number of carbonyl (C=O) groups is 1. The van der Waals surface area contributed by atoms with E-state index in [1.807, 2.05) is 0 Å². The lowest BCUT2D eigenvalue weighted by molar-refractivity contribution is 0.00690. The molecule has 0 bridgehead atoms. The van der Waals surface area contributed by atoms with Gasteiger partial charge in [-0.2, -0.15) is 0 Å². The van der Waals surface area contributed by atoms with Gasteiger partial charge in [-0.3, -0.25) is 0 Å². The fourth-order valence-corrected chi connectivity index (χ4v) is 0.901. The van der Waals surface area contributed by atoms with E-state index in [-0.39, 0.29) is 5.56 Å². The molecule has 0 aliphatic heterocycles. The maximum atomic E-state index is 12.7. The molecule has 0 unspecified atom stereocenters. The maximum absolute atomic E-state index is 12.7. The summed E-state index contributed by atoms with van der Waals surface area (Å²) in [6.45, 7) is 5.28. The lowest BCUT2D eigenvalue weighted by atomic mass is 10.1. The SMILES string of the molecule is CC(C)(C)OC(=O)c1cc[c]c(F)c1. The average molecular weight is 195 g/mol. The summed E-state index contributed by atoms with van der Waals surface area (Å²) in [6.07, 6.45) is 0. The standard InChI is InChI=1S/C11H12FO2/c1-11(2,3)14-10(13)8-5-4-6-9(12)7-8/h4-5,7H,1-3H3. The van der Waals surface area contributed by atoms with Gasteiger partial charge in [0, 0.05) is 6.07 Å². The molecule has 0 aliphatic carbocycles. The van der Waals surface area contributed by atoms with Gasteiger partial charge < -0.3 is 4.74 Å². The molecule has 0 atom stereocenters. The Bertz CT molecular complexity index is 339. The van der Waals surface area contributed by atoms with Gasteiger partial charge in [0.1, 0.15) is 11.4 Å². The van der Waals surface area contributed by atoms with Crippen molar-refractivity contribution in [2.75, 3.05) is 0 Å². The second kappa shape index (κ2) is 3.78. The molecule has 0 aliphatic rings. The maximum Gasteiger partial charge on any atom is 0.338 e. The van der Waals surface area contributed by atoms with Gasteiger partial charge in [-0.05, 0) is 32.9 Å². The first-order valence-electron chi connectivity index (χ1n) is 4.29. The summed E-state index contributed by atoms with van der Waals surface area (Å²) in [6, 6.07) is 6.25. The Kier molecular flexibility index (Phi) is 2.89. The molecule has 0 spiro atoms. The normalized spacial score (nSPS) is 11.1. The molecule has 0 aromatic heterocycles. The van der Waals surface area contributed by atoms with Gasteiger partial charge in [0.05, 0.1) is 5.56 Å². The van der Waals surface area contributed by atoms with Crippen LogP contribution in [0.2, 0.25) is 0 Å². The Hall–Kier alpha value is -1.38. The number of carbonyl (C=O) groups excluding carboxylic acids is 1. The Labute approximate surface area is 82.7 Å². The van der Waals surface area contributed by atoms with Crippen molar-refractivity contribution in [3.05, 3.63) is 35.6 Å². The molecule has 1 aromatic carbocycles. The van der Waals surface area contributed by atoms with Crippen molar-refractivity contribution in [3.8, 4) is 0 Å². The lowest BCUT2D eigenvalue weighted by Crippen LogP contribution is -2.23. The van der Waals surface area contributed by atoms with Gasteiger partial charge in [0.15, 0.2) is 0 Å². The third-order valence-electron chi connectivity index (χ3n) is 1.40. The first-order chi connectivity index (χ1) is 6.38. The molecule has 0 fully saturated rings. The highest BCUT2D eigenvalue weighted by molar-refractivity contribution is 5.89. The molecular formula is C11H12FO2. The molecule has 0 saturated heterocycles. The van der Waals surface area contributed by atoms with E-state index in [4.69, 9.17) is 4.74 Å². The van der Waals surface area contributed by atoms with Crippen LogP contribution in [0.1, 0.15) is 31.1 Å². The van der Waals surface area contributed by atoms with Crippen LogP contribution in [0.4, 0.5) is 4.39 Å². The van der Waals surface area contributed by atoms with Crippen LogP contribution in [0.15, 0.2) is 18.2 Å². The summed E-state index contributed by atoms with van der Waals surface area (Å²) in [5.74, 6) is -1.08. The average Bonchev–Trinajstić information content (AvgIpc) is 2.01. The van der Waals surface area contributed by atoms with Crippen molar-refractivity contribution in [1.82, 2.24) is 0 Å². The minimum absolute atomic E-state index is 0.205. The fraction of sp³-hybridized carbons (Fsp3) is 0.364. The number of hydrogen-bond donors (Lipinski definition) is 0. The number of esters is 1. The van der Waals surface area contributed by atoms with Crippen LogP contribution in [-0.4, -0.2) is 11.6 Å². The first-order valence-corrected chi connectivity index (χ1v) is 4.29. The lowest BCUT2D eigenvalue weighted by Gasteiger charge is -2.19. The molecular weight excluding hydrogens is 183 g/mol. The fourth-order valence-electron chi connectivity index (χ4n) is 0.901. The molecule has 1 aromatic rings. The highest BCUT2D eigenvalue weighted by Gasteiger charge is 2.17. The van der Waals surface area contributed by atoms with Crippen LogP contribution < -0.4 is 0 Å². The predicted octanol–water partition coefficient (Wildman–Crippen LogP) is 2.58. The summed E-state index contributed by atoms with van der Waals surface area (Å²) in [7, 11) is 0. The molecule has 1 radical (unpaired) electrons. The van der Waals surface area contributed by atoms with Crippen LogP contribution in [-0.2, 0) is 4.74 Å². The Morgan fingerprint density at radius 1 is 1.50 bits per heavy atom. The van der Waals surface area contributed by atoms with Crippen molar-refractivity contribution < 1.29 is 13.9 Å². The summed E-state index contributed by atoms with van der Waals surface area (Å²) < 4.78 is 17.8. The number of rotatable bonds is 1. The molecule has 14 heavy (non-hydrogen) atoms. The van der Waals surface area contributed by atoms with E-state index < -0.39 is 17.4 Å². The minimum Gasteiger partial charge on any atom is -0.456 e. The van der Waals surface area contributed by atoms with Crippen molar-refractivity contribution in [2.45, 2.75) is 26.4 Å². The summed E-state index contributed by atoms with van der Waals surface area (Å²) in [5.41, 5.74) is -0.358. The van der Waals surface area contributed by atoms with E-state index in [1.165, 1.54) is 12.1 Å². The van der Waals surface area contributed by atoms with Crippen LogP contribution in [0.25, 0.3) is 0 Å². The minimum atomic E-state index is -0.562. The van der Waals surface area contributed by atoms with Gasteiger partial charge in [-0.25, -0.2) is 9.18 Å². The zero-order valence-electron chi connectivity index (χ0n) is 8.43. The quantitative estimate of drug-likeness (QED) is 0.644. The van der Waals surface area contributed by atoms with Crippen molar-refractivity contribution in [3.63, 3.8) is 0 Å². The van der Waals surface area contributed by atoms with Gasteiger partial charge in [-0.15, -0.1) is 0 Å². The van der Waals surface area contributed by atoms with Crippen molar-refractivity contribution >= 4 is 5.97 Å². The van der Waals surface area contributed by atoms with Crippen LogP contribution in [0.3, 0.4) is 0 Å².